The quantitative estimate of drug-likeness (QED) is 0.107. The molecule has 2 amide bonds. The second kappa shape index (κ2) is 17.5. The standard InChI is InChI=1S/C24H24N2O.C17H18N2O.C7H8/c27-24-20(16-18-11-12-18)21(14-13-17-6-2-1-3-7-17)26(24)22-10-4-8-19-9-5-15-25-23(19)22;1-2-13(11-12-8-9-12)17(20)19-15-7-3-5-14-6-4-10-18-16(14)15;1-7-5-3-2-4-6-7/h1-10,15,18,20-21H,11-14,16H2;2-7,10,12-13H,1,8-9,11H2,(H,19,20);2-6H,1H3. The average Bonchev–Trinajstić information content (AvgIpc) is 4.16. The highest BCUT2D eigenvalue weighted by molar-refractivity contribution is 6.08. The fourth-order valence-corrected chi connectivity index (χ4v) is 7.43. The number of fused-ring (bicyclic) bond motifs is 2. The van der Waals surface area contributed by atoms with Gasteiger partial charge in [-0.2, -0.15) is 0 Å². The van der Waals surface area contributed by atoms with Gasteiger partial charge in [-0.3, -0.25) is 19.6 Å². The summed E-state index contributed by atoms with van der Waals surface area (Å²) in [5.41, 5.74) is 6.18. The minimum atomic E-state index is -0.110. The number of aryl methyl sites for hydroxylation is 2. The predicted octanol–water partition coefficient (Wildman–Crippen LogP) is 10.8. The van der Waals surface area contributed by atoms with Gasteiger partial charge in [0.25, 0.3) is 0 Å². The van der Waals surface area contributed by atoms with Crippen molar-refractivity contribution in [3.8, 4) is 0 Å². The first-order chi connectivity index (χ1) is 26.5. The number of anilines is 2. The lowest BCUT2D eigenvalue weighted by atomic mass is 9.79. The van der Waals surface area contributed by atoms with E-state index in [9.17, 15) is 9.59 Å². The zero-order chi connectivity index (χ0) is 37.3. The summed E-state index contributed by atoms with van der Waals surface area (Å²) in [6, 6.07) is 41.0. The van der Waals surface area contributed by atoms with E-state index < -0.39 is 0 Å². The van der Waals surface area contributed by atoms with Gasteiger partial charge >= 0.3 is 0 Å². The average molecular weight is 715 g/mol. The first-order valence-electron chi connectivity index (χ1n) is 19.5. The van der Waals surface area contributed by atoms with Crippen LogP contribution in [0.2, 0.25) is 0 Å². The van der Waals surface area contributed by atoms with Crippen molar-refractivity contribution in [2.75, 3.05) is 10.2 Å². The number of aromatic nitrogens is 2. The highest BCUT2D eigenvalue weighted by Crippen LogP contribution is 2.45. The normalized spacial score (nSPS) is 18.0. The summed E-state index contributed by atoms with van der Waals surface area (Å²) in [6.07, 6.45) is 14.4. The number of pyridine rings is 2. The van der Waals surface area contributed by atoms with E-state index in [0.29, 0.717) is 5.92 Å². The number of para-hydroxylation sites is 2. The fourth-order valence-electron chi connectivity index (χ4n) is 7.43. The van der Waals surface area contributed by atoms with E-state index >= 15 is 0 Å². The molecule has 2 saturated carbocycles. The molecule has 0 bridgehead atoms. The van der Waals surface area contributed by atoms with Gasteiger partial charge in [0.15, 0.2) is 0 Å². The smallest absolute Gasteiger partial charge is 0.232 e. The van der Waals surface area contributed by atoms with Gasteiger partial charge < -0.3 is 10.2 Å². The number of benzene rings is 4. The van der Waals surface area contributed by atoms with Crippen molar-refractivity contribution in [3.63, 3.8) is 0 Å². The molecule has 9 rings (SSSR count). The molecule has 3 aliphatic rings. The molecule has 3 fully saturated rings. The second-order valence-corrected chi connectivity index (χ2v) is 15.0. The molecule has 1 N–H and O–H groups in total. The van der Waals surface area contributed by atoms with Crippen LogP contribution in [0.15, 0.2) is 146 Å². The molecule has 6 aromatic rings. The maximum atomic E-state index is 13.1. The van der Waals surface area contributed by atoms with Crippen molar-refractivity contribution in [3.05, 3.63) is 158 Å². The van der Waals surface area contributed by atoms with Crippen LogP contribution in [0.4, 0.5) is 11.4 Å². The fraction of sp³-hybridized carbons (Fsp3) is 0.292. The third-order valence-electron chi connectivity index (χ3n) is 10.8. The van der Waals surface area contributed by atoms with Gasteiger partial charge in [-0.1, -0.05) is 134 Å². The van der Waals surface area contributed by atoms with Crippen molar-refractivity contribution in [1.29, 1.82) is 0 Å². The maximum absolute atomic E-state index is 13.1. The number of hydrogen-bond donors (Lipinski definition) is 1. The van der Waals surface area contributed by atoms with Crippen LogP contribution >= 0.6 is 0 Å². The van der Waals surface area contributed by atoms with Gasteiger partial charge in [0.05, 0.1) is 34.2 Å². The third kappa shape index (κ3) is 9.29. The number of carbonyl (C=O) groups excluding carboxylic acids is 2. The number of hydrogen-bond acceptors (Lipinski definition) is 4. The molecule has 1 saturated heterocycles. The van der Waals surface area contributed by atoms with Crippen LogP contribution in [0.5, 0.6) is 0 Å². The predicted molar refractivity (Wildman–Crippen MR) is 221 cm³/mol. The summed E-state index contributed by atoms with van der Waals surface area (Å²) in [5, 5.41) is 5.12. The summed E-state index contributed by atoms with van der Waals surface area (Å²) in [6.45, 7) is 5.87. The minimum absolute atomic E-state index is 0.0186. The number of nitrogens with zero attached hydrogens (tertiary/aromatic N) is 3. The lowest BCUT2D eigenvalue weighted by molar-refractivity contribution is -0.130. The highest BCUT2D eigenvalue weighted by atomic mass is 16.2. The Balaban J connectivity index is 0.000000146. The van der Waals surface area contributed by atoms with E-state index in [4.69, 9.17) is 0 Å². The largest absolute Gasteiger partial charge is 0.324 e. The Morgan fingerprint density at radius 2 is 1.39 bits per heavy atom. The van der Waals surface area contributed by atoms with Gasteiger partial charge in [0, 0.05) is 29.2 Å². The summed E-state index contributed by atoms with van der Waals surface area (Å²) < 4.78 is 0. The SMILES string of the molecule is C=CC(CC1CC1)C(=O)Nc1cccc2cccnc12.Cc1ccccc1.O=C1C(CC2CC2)C(CCc2ccccc2)N1c1cccc2cccnc12. The first-order valence-corrected chi connectivity index (χ1v) is 19.5. The summed E-state index contributed by atoms with van der Waals surface area (Å²) in [4.78, 5) is 36.4. The van der Waals surface area contributed by atoms with Gasteiger partial charge in [-0.05, 0) is 74.3 Å². The molecule has 54 heavy (non-hydrogen) atoms. The van der Waals surface area contributed by atoms with E-state index in [0.717, 1.165) is 64.8 Å². The monoisotopic (exact) mass is 714 g/mol. The minimum Gasteiger partial charge on any atom is -0.324 e. The molecular weight excluding hydrogens is 665 g/mol. The molecule has 1 aliphatic heterocycles. The molecule has 4 aromatic carbocycles. The van der Waals surface area contributed by atoms with Crippen LogP contribution in [-0.2, 0) is 16.0 Å². The Labute approximate surface area is 319 Å². The molecule has 2 aliphatic carbocycles. The van der Waals surface area contributed by atoms with E-state index in [1.807, 2.05) is 71.8 Å². The van der Waals surface area contributed by atoms with E-state index in [1.54, 1.807) is 12.3 Å². The van der Waals surface area contributed by atoms with Crippen molar-refractivity contribution < 1.29 is 9.59 Å². The van der Waals surface area contributed by atoms with Gasteiger partial charge in [-0.15, -0.1) is 6.58 Å². The first kappa shape index (κ1) is 36.7. The zero-order valence-electron chi connectivity index (χ0n) is 31.2. The highest BCUT2D eigenvalue weighted by Gasteiger charge is 2.49. The summed E-state index contributed by atoms with van der Waals surface area (Å²) >= 11 is 0. The zero-order valence-corrected chi connectivity index (χ0v) is 31.2. The van der Waals surface area contributed by atoms with E-state index in [2.05, 4.69) is 89.5 Å². The molecule has 3 atom stereocenters. The van der Waals surface area contributed by atoms with Crippen molar-refractivity contribution in [1.82, 2.24) is 9.97 Å². The Bertz CT molecular complexity index is 2170. The van der Waals surface area contributed by atoms with Crippen LogP contribution in [0.25, 0.3) is 21.8 Å². The number of nitrogens with one attached hydrogen (secondary N) is 1. The Morgan fingerprint density at radius 1 is 0.778 bits per heavy atom. The molecule has 274 valence electrons. The third-order valence-corrected chi connectivity index (χ3v) is 10.8. The van der Waals surface area contributed by atoms with Gasteiger partial charge in [0.2, 0.25) is 11.8 Å². The molecule has 0 spiro atoms. The number of β-lactam (4-membered cyclic amide) rings is 1. The van der Waals surface area contributed by atoms with Crippen LogP contribution in [0.3, 0.4) is 0 Å². The van der Waals surface area contributed by atoms with Crippen molar-refractivity contribution in [2.45, 2.75) is 64.3 Å². The van der Waals surface area contributed by atoms with Crippen LogP contribution in [0, 0.1) is 30.6 Å². The van der Waals surface area contributed by atoms with Crippen LogP contribution < -0.4 is 10.2 Å². The summed E-state index contributed by atoms with van der Waals surface area (Å²) in [5.74, 6) is 1.85. The van der Waals surface area contributed by atoms with E-state index in [1.165, 1.54) is 36.8 Å². The van der Waals surface area contributed by atoms with Crippen molar-refractivity contribution in [2.24, 2.45) is 23.7 Å². The topological polar surface area (TPSA) is 75.2 Å². The molecule has 3 heterocycles. The molecule has 6 nitrogen and oxygen atoms in total. The number of carbonyl (C=O) groups is 2. The van der Waals surface area contributed by atoms with E-state index in [-0.39, 0.29) is 29.7 Å². The lowest BCUT2D eigenvalue weighted by Gasteiger charge is -2.48. The molecule has 6 heteroatoms. The lowest BCUT2D eigenvalue weighted by Crippen LogP contribution is -2.61. The Kier molecular flexibility index (Phi) is 11.9. The molecule has 2 aromatic heterocycles. The van der Waals surface area contributed by atoms with Crippen LogP contribution in [-0.4, -0.2) is 27.8 Å². The number of rotatable bonds is 11. The Morgan fingerprint density at radius 3 is 2.02 bits per heavy atom. The van der Waals surface area contributed by atoms with Crippen molar-refractivity contribution >= 4 is 45.0 Å². The summed E-state index contributed by atoms with van der Waals surface area (Å²) in [7, 11) is 0. The van der Waals surface area contributed by atoms with Gasteiger partial charge in [0.1, 0.15) is 0 Å². The number of amides is 2. The molecular formula is C48H50N4O2. The Hall–Kier alpha value is -5.62. The van der Waals surface area contributed by atoms with Gasteiger partial charge in [-0.25, -0.2) is 0 Å². The maximum Gasteiger partial charge on any atom is 0.232 e. The molecule has 0 radical (unpaired) electrons. The molecule has 3 unspecified atom stereocenters. The van der Waals surface area contributed by atoms with Crippen LogP contribution in [0.1, 0.15) is 56.1 Å². The second-order valence-electron chi connectivity index (χ2n) is 15.0.